The smallest absolute Gasteiger partial charge is 0.165 e. The van der Waals surface area contributed by atoms with Gasteiger partial charge in [-0.3, -0.25) is 0 Å². The van der Waals surface area contributed by atoms with Crippen LogP contribution in [0, 0.1) is 12.8 Å². The van der Waals surface area contributed by atoms with Gasteiger partial charge in [0.15, 0.2) is 5.82 Å². The molecule has 3 aromatic rings. The summed E-state index contributed by atoms with van der Waals surface area (Å²) in [5.41, 5.74) is 2.46. The topological polar surface area (TPSA) is 90.3 Å². The number of aliphatic hydroxyl groups excluding tert-OH is 1. The van der Waals surface area contributed by atoms with Crippen molar-refractivity contribution in [2.75, 3.05) is 25.0 Å². The molecule has 0 amide bonds. The lowest BCUT2D eigenvalue weighted by Gasteiger charge is -2.20. The number of aromatic nitrogens is 2. The molecule has 0 saturated carbocycles. The third kappa shape index (κ3) is 3.09. The van der Waals surface area contributed by atoms with Crippen LogP contribution in [0.5, 0.6) is 5.75 Å². The van der Waals surface area contributed by atoms with Gasteiger partial charge in [0, 0.05) is 37.0 Å². The monoisotopic (exact) mass is 350 g/mol. The molecule has 4 N–H and O–H groups in total. The van der Waals surface area contributed by atoms with Crippen molar-refractivity contribution in [1.82, 2.24) is 15.3 Å². The Labute approximate surface area is 151 Å². The number of aromatic hydroxyl groups is 1. The van der Waals surface area contributed by atoms with Crippen molar-refractivity contribution in [2.24, 2.45) is 5.92 Å². The lowest BCUT2D eigenvalue weighted by atomic mass is 10.0. The van der Waals surface area contributed by atoms with E-state index in [1.165, 1.54) is 0 Å². The van der Waals surface area contributed by atoms with E-state index >= 15 is 0 Å². The van der Waals surface area contributed by atoms with E-state index in [-0.39, 0.29) is 24.3 Å². The fourth-order valence-electron chi connectivity index (χ4n) is 3.41. The molecule has 1 aliphatic heterocycles. The van der Waals surface area contributed by atoms with Crippen molar-refractivity contribution >= 4 is 16.7 Å². The molecule has 6 nitrogen and oxygen atoms in total. The lowest BCUT2D eigenvalue weighted by molar-refractivity contribution is 0.231. The Kier molecular flexibility index (Phi) is 4.44. The molecule has 0 unspecified atom stereocenters. The SMILES string of the molecule is Cc1ccc(O)c(-c2nc(N[C@@H]3CNC[C@H]3CO)c3ccccc3n2)c1. The van der Waals surface area contributed by atoms with Gasteiger partial charge in [0.25, 0.3) is 0 Å². The van der Waals surface area contributed by atoms with Crippen LogP contribution in [0.1, 0.15) is 5.56 Å². The Morgan fingerprint density at radius 2 is 2.00 bits per heavy atom. The number of aliphatic hydroxyl groups is 1. The first-order valence-corrected chi connectivity index (χ1v) is 8.80. The molecule has 0 bridgehead atoms. The van der Waals surface area contributed by atoms with E-state index in [0.29, 0.717) is 11.4 Å². The molecule has 6 heteroatoms. The van der Waals surface area contributed by atoms with Crippen molar-refractivity contribution in [3.63, 3.8) is 0 Å². The van der Waals surface area contributed by atoms with Crippen molar-refractivity contribution < 1.29 is 10.2 Å². The first kappa shape index (κ1) is 16.8. The van der Waals surface area contributed by atoms with Crippen LogP contribution in [0.2, 0.25) is 0 Å². The van der Waals surface area contributed by atoms with Gasteiger partial charge < -0.3 is 20.8 Å². The van der Waals surface area contributed by atoms with Gasteiger partial charge in [-0.2, -0.15) is 0 Å². The molecule has 0 radical (unpaired) electrons. The molecule has 0 spiro atoms. The number of benzene rings is 2. The fourth-order valence-corrected chi connectivity index (χ4v) is 3.41. The number of fused-ring (bicyclic) bond motifs is 1. The molecular weight excluding hydrogens is 328 g/mol. The fraction of sp³-hybridized carbons (Fsp3) is 0.300. The quantitative estimate of drug-likeness (QED) is 0.577. The normalized spacial score (nSPS) is 19.8. The zero-order valence-corrected chi connectivity index (χ0v) is 14.6. The number of hydrogen-bond acceptors (Lipinski definition) is 6. The number of nitrogens with one attached hydrogen (secondary N) is 2. The first-order chi connectivity index (χ1) is 12.7. The van der Waals surface area contributed by atoms with Crippen LogP contribution in [-0.4, -0.2) is 45.9 Å². The van der Waals surface area contributed by atoms with Crippen LogP contribution < -0.4 is 10.6 Å². The molecule has 26 heavy (non-hydrogen) atoms. The number of rotatable bonds is 4. The summed E-state index contributed by atoms with van der Waals surface area (Å²) in [6, 6.07) is 13.3. The average molecular weight is 350 g/mol. The van der Waals surface area contributed by atoms with Crippen molar-refractivity contribution in [2.45, 2.75) is 13.0 Å². The zero-order chi connectivity index (χ0) is 18.1. The molecule has 1 aliphatic rings. The third-order valence-electron chi connectivity index (χ3n) is 4.89. The maximum absolute atomic E-state index is 10.3. The van der Waals surface area contributed by atoms with Crippen LogP contribution in [0.4, 0.5) is 5.82 Å². The van der Waals surface area contributed by atoms with E-state index in [1.807, 2.05) is 43.3 Å². The van der Waals surface area contributed by atoms with Crippen LogP contribution in [0.25, 0.3) is 22.3 Å². The summed E-state index contributed by atoms with van der Waals surface area (Å²) < 4.78 is 0. The molecule has 1 saturated heterocycles. The second kappa shape index (κ2) is 6.90. The van der Waals surface area contributed by atoms with Crippen molar-refractivity contribution in [3.05, 3.63) is 48.0 Å². The minimum Gasteiger partial charge on any atom is -0.507 e. The van der Waals surface area contributed by atoms with E-state index in [1.54, 1.807) is 6.07 Å². The van der Waals surface area contributed by atoms with Gasteiger partial charge in [0.1, 0.15) is 11.6 Å². The number of aryl methyl sites for hydroxylation is 1. The summed E-state index contributed by atoms with van der Waals surface area (Å²) >= 11 is 0. The molecule has 2 heterocycles. The molecule has 1 aromatic heterocycles. The van der Waals surface area contributed by atoms with E-state index in [9.17, 15) is 10.2 Å². The summed E-state index contributed by atoms with van der Waals surface area (Å²) in [4.78, 5) is 9.36. The maximum Gasteiger partial charge on any atom is 0.165 e. The number of nitrogens with zero attached hydrogens (tertiary/aromatic N) is 2. The third-order valence-corrected chi connectivity index (χ3v) is 4.89. The predicted octanol–water partition coefficient (Wildman–Crippen LogP) is 2.30. The van der Waals surface area contributed by atoms with Crippen molar-refractivity contribution in [3.8, 4) is 17.1 Å². The Bertz CT molecular complexity index is 944. The number of para-hydroxylation sites is 1. The minimum absolute atomic E-state index is 0.0947. The van der Waals surface area contributed by atoms with Gasteiger partial charge >= 0.3 is 0 Å². The second-order valence-electron chi connectivity index (χ2n) is 6.79. The van der Waals surface area contributed by atoms with E-state index in [4.69, 9.17) is 4.98 Å². The van der Waals surface area contributed by atoms with Gasteiger partial charge in [-0.15, -0.1) is 0 Å². The van der Waals surface area contributed by atoms with Crippen LogP contribution in [-0.2, 0) is 0 Å². The van der Waals surface area contributed by atoms with Gasteiger partial charge in [0.05, 0.1) is 11.1 Å². The van der Waals surface area contributed by atoms with E-state index in [0.717, 1.165) is 35.4 Å². The summed E-state index contributed by atoms with van der Waals surface area (Å²) in [5.74, 6) is 1.50. The number of phenols is 1. The number of hydrogen-bond donors (Lipinski definition) is 4. The summed E-state index contributed by atoms with van der Waals surface area (Å²) in [6.45, 7) is 3.65. The van der Waals surface area contributed by atoms with Gasteiger partial charge in [0.2, 0.25) is 0 Å². The molecule has 1 fully saturated rings. The highest BCUT2D eigenvalue weighted by Gasteiger charge is 2.27. The summed E-state index contributed by atoms with van der Waals surface area (Å²) in [6.07, 6.45) is 0. The van der Waals surface area contributed by atoms with Crippen LogP contribution in [0.15, 0.2) is 42.5 Å². The Hall–Kier alpha value is -2.70. The highest BCUT2D eigenvalue weighted by atomic mass is 16.3. The molecule has 0 aliphatic carbocycles. The number of phenolic OH excluding ortho intramolecular Hbond substituents is 1. The van der Waals surface area contributed by atoms with Gasteiger partial charge in [-0.1, -0.05) is 23.8 Å². The van der Waals surface area contributed by atoms with Gasteiger partial charge in [-0.25, -0.2) is 9.97 Å². The average Bonchev–Trinajstić information content (AvgIpc) is 3.11. The maximum atomic E-state index is 10.3. The summed E-state index contributed by atoms with van der Waals surface area (Å²) in [7, 11) is 0. The summed E-state index contributed by atoms with van der Waals surface area (Å²) in [5, 5.41) is 27.5. The number of anilines is 1. The van der Waals surface area contributed by atoms with E-state index < -0.39 is 0 Å². The highest BCUT2D eigenvalue weighted by Crippen LogP contribution is 2.31. The Balaban J connectivity index is 1.82. The molecule has 134 valence electrons. The zero-order valence-electron chi connectivity index (χ0n) is 14.6. The van der Waals surface area contributed by atoms with E-state index in [2.05, 4.69) is 15.6 Å². The molecule has 2 aromatic carbocycles. The molecular formula is C20H22N4O2. The lowest BCUT2D eigenvalue weighted by Crippen LogP contribution is -2.30. The first-order valence-electron chi connectivity index (χ1n) is 8.80. The van der Waals surface area contributed by atoms with Crippen LogP contribution in [0.3, 0.4) is 0 Å². The second-order valence-corrected chi connectivity index (χ2v) is 6.79. The Morgan fingerprint density at radius 1 is 1.15 bits per heavy atom. The highest BCUT2D eigenvalue weighted by molar-refractivity contribution is 5.91. The van der Waals surface area contributed by atoms with Crippen LogP contribution >= 0.6 is 0 Å². The predicted molar refractivity (Wildman–Crippen MR) is 102 cm³/mol. The largest absolute Gasteiger partial charge is 0.507 e. The minimum atomic E-state index is 0.0947. The Morgan fingerprint density at radius 3 is 2.85 bits per heavy atom. The molecule has 2 atom stereocenters. The van der Waals surface area contributed by atoms with Crippen molar-refractivity contribution in [1.29, 1.82) is 0 Å². The van der Waals surface area contributed by atoms with Gasteiger partial charge in [-0.05, 0) is 31.2 Å². The standard InChI is InChI=1S/C20H22N4O2/c1-12-6-7-18(26)15(8-12)20-22-16-5-3-2-4-14(16)19(24-20)23-17-10-21-9-13(17)11-25/h2-8,13,17,21,25-26H,9-11H2,1H3,(H,22,23,24)/t13-,17+/m0/s1. The molecule has 4 rings (SSSR count).